The number of hydrogen-bond donors (Lipinski definition) is 2. The Morgan fingerprint density at radius 3 is 2.63 bits per heavy atom. The van der Waals surface area contributed by atoms with Crippen LogP contribution in [0.5, 0.6) is 0 Å². The second-order valence-corrected chi connectivity index (χ2v) is 6.65. The van der Waals surface area contributed by atoms with Crippen molar-refractivity contribution < 1.29 is 0 Å². The summed E-state index contributed by atoms with van der Waals surface area (Å²) >= 11 is 5.93. The highest BCUT2D eigenvalue weighted by molar-refractivity contribution is 6.29. The summed E-state index contributed by atoms with van der Waals surface area (Å²) < 4.78 is 0. The predicted octanol–water partition coefficient (Wildman–Crippen LogP) is 4.34. The quantitative estimate of drug-likeness (QED) is 0.790. The van der Waals surface area contributed by atoms with Gasteiger partial charge in [-0.25, -0.2) is 4.98 Å². The lowest BCUT2D eigenvalue weighted by Crippen LogP contribution is -2.28. The van der Waals surface area contributed by atoms with Crippen molar-refractivity contribution in [2.75, 3.05) is 17.6 Å². The van der Waals surface area contributed by atoms with Crippen molar-refractivity contribution in [2.45, 2.75) is 46.0 Å². The normalized spacial score (nSPS) is 17.9. The van der Waals surface area contributed by atoms with Crippen molar-refractivity contribution in [3.05, 3.63) is 17.3 Å². The molecule has 0 aliphatic heterocycles. The summed E-state index contributed by atoms with van der Waals surface area (Å²) in [6.07, 6.45) is 6.59. The van der Waals surface area contributed by atoms with E-state index in [9.17, 15) is 0 Å². The molecule has 2 rings (SSSR count). The van der Waals surface area contributed by atoms with E-state index in [4.69, 9.17) is 17.3 Å². The Morgan fingerprint density at radius 1 is 1.37 bits per heavy atom. The van der Waals surface area contributed by atoms with Crippen molar-refractivity contribution in [3.63, 3.8) is 0 Å². The first-order valence-corrected chi connectivity index (χ1v) is 7.54. The Morgan fingerprint density at radius 2 is 2.05 bits per heavy atom. The lowest BCUT2D eigenvalue weighted by molar-refractivity contribution is 0.252. The smallest absolute Gasteiger partial charge is 0.133 e. The van der Waals surface area contributed by atoms with Crippen molar-refractivity contribution in [1.29, 1.82) is 0 Å². The second-order valence-electron chi connectivity index (χ2n) is 6.27. The molecule has 1 saturated carbocycles. The maximum absolute atomic E-state index is 5.93. The van der Waals surface area contributed by atoms with Gasteiger partial charge < -0.3 is 11.1 Å². The molecule has 1 aliphatic carbocycles. The molecule has 0 spiro atoms. The Hall–Kier alpha value is -0.960. The molecule has 19 heavy (non-hydrogen) atoms. The number of nitrogens with one attached hydrogen (secondary N) is 1. The molecule has 1 aromatic heterocycles. The summed E-state index contributed by atoms with van der Waals surface area (Å²) in [6.45, 7) is 5.57. The summed E-state index contributed by atoms with van der Waals surface area (Å²) in [6, 6.07) is 3.52. The van der Waals surface area contributed by atoms with E-state index in [-0.39, 0.29) is 0 Å². The lowest BCUT2D eigenvalue weighted by atomic mass is 9.78. The van der Waals surface area contributed by atoms with Crippen LogP contribution in [-0.4, -0.2) is 11.5 Å². The number of pyridine rings is 1. The SMILES string of the molecule is CC(C)CC1(CNc2cc(N)cc(Cl)n2)CCCC1. The first-order valence-electron chi connectivity index (χ1n) is 7.16. The zero-order valence-electron chi connectivity index (χ0n) is 11.9. The van der Waals surface area contributed by atoms with Gasteiger partial charge in [0.25, 0.3) is 0 Å². The Bertz CT molecular complexity index is 405. The average molecular weight is 282 g/mol. The molecule has 1 fully saturated rings. The van der Waals surface area contributed by atoms with E-state index in [2.05, 4.69) is 24.1 Å². The van der Waals surface area contributed by atoms with Crippen LogP contribution in [0.3, 0.4) is 0 Å². The third kappa shape index (κ3) is 4.00. The number of nitrogens with two attached hydrogens (primary N) is 1. The highest BCUT2D eigenvalue weighted by atomic mass is 35.5. The molecule has 4 heteroatoms. The average Bonchev–Trinajstić information content (AvgIpc) is 2.73. The van der Waals surface area contributed by atoms with Crippen LogP contribution in [-0.2, 0) is 0 Å². The van der Waals surface area contributed by atoms with Gasteiger partial charge in [0.15, 0.2) is 0 Å². The van der Waals surface area contributed by atoms with Gasteiger partial charge in [-0.15, -0.1) is 0 Å². The predicted molar refractivity (Wildman–Crippen MR) is 82.5 cm³/mol. The monoisotopic (exact) mass is 281 g/mol. The van der Waals surface area contributed by atoms with Gasteiger partial charge in [0.1, 0.15) is 11.0 Å². The Balaban J connectivity index is 2.02. The molecule has 1 heterocycles. The molecule has 0 radical (unpaired) electrons. The third-order valence-electron chi connectivity index (χ3n) is 3.97. The van der Waals surface area contributed by atoms with Crippen LogP contribution in [0.2, 0.25) is 5.15 Å². The van der Waals surface area contributed by atoms with Gasteiger partial charge in [-0.2, -0.15) is 0 Å². The van der Waals surface area contributed by atoms with Crippen LogP contribution in [0, 0.1) is 11.3 Å². The van der Waals surface area contributed by atoms with Gasteiger partial charge in [-0.05, 0) is 36.7 Å². The number of halogens is 1. The van der Waals surface area contributed by atoms with E-state index in [1.54, 1.807) is 6.07 Å². The fourth-order valence-corrected chi connectivity index (χ4v) is 3.55. The van der Waals surface area contributed by atoms with Crippen molar-refractivity contribution in [2.24, 2.45) is 11.3 Å². The molecule has 0 bridgehead atoms. The third-order valence-corrected chi connectivity index (χ3v) is 4.16. The topological polar surface area (TPSA) is 50.9 Å². The standard InChI is InChI=1S/C15H24ClN3/c1-11(2)9-15(5-3-4-6-15)10-18-14-8-12(17)7-13(16)19-14/h7-8,11H,3-6,9-10H2,1-2H3,(H3,17,18,19). The van der Waals surface area contributed by atoms with Crippen molar-refractivity contribution >= 4 is 23.1 Å². The maximum Gasteiger partial charge on any atom is 0.133 e. The Labute approximate surface area is 120 Å². The molecule has 0 amide bonds. The summed E-state index contributed by atoms with van der Waals surface area (Å²) in [5, 5.41) is 3.89. The van der Waals surface area contributed by atoms with Gasteiger partial charge in [0, 0.05) is 18.3 Å². The number of aromatic nitrogens is 1. The molecule has 1 aromatic rings. The van der Waals surface area contributed by atoms with E-state index in [0.29, 0.717) is 16.3 Å². The van der Waals surface area contributed by atoms with Gasteiger partial charge in [0.2, 0.25) is 0 Å². The zero-order chi connectivity index (χ0) is 13.9. The fraction of sp³-hybridized carbons (Fsp3) is 0.667. The fourth-order valence-electron chi connectivity index (χ4n) is 3.33. The molecule has 1 aliphatic rings. The van der Waals surface area contributed by atoms with Crippen LogP contribution in [0.1, 0.15) is 46.0 Å². The summed E-state index contributed by atoms with van der Waals surface area (Å²) in [7, 11) is 0. The summed E-state index contributed by atoms with van der Waals surface area (Å²) in [5.74, 6) is 1.53. The van der Waals surface area contributed by atoms with Gasteiger partial charge >= 0.3 is 0 Å². The highest BCUT2D eigenvalue weighted by Crippen LogP contribution is 2.43. The first-order chi connectivity index (χ1) is 8.99. The molecule has 0 unspecified atom stereocenters. The van der Waals surface area contributed by atoms with Gasteiger partial charge in [-0.1, -0.05) is 38.3 Å². The van der Waals surface area contributed by atoms with Crippen molar-refractivity contribution in [3.8, 4) is 0 Å². The largest absolute Gasteiger partial charge is 0.399 e. The number of nitrogens with zero attached hydrogens (tertiary/aromatic N) is 1. The zero-order valence-corrected chi connectivity index (χ0v) is 12.6. The highest BCUT2D eigenvalue weighted by Gasteiger charge is 2.34. The van der Waals surface area contributed by atoms with E-state index in [1.165, 1.54) is 32.1 Å². The van der Waals surface area contributed by atoms with E-state index >= 15 is 0 Å². The van der Waals surface area contributed by atoms with Crippen LogP contribution in [0.25, 0.3) is 0 Å². The van der Waals surface area contributed by atoms with Gasteiger partial charge in [-0.3, -0.25) is 0 Å². The number of rotatable bonds is 5. The van der Waals surface area contributed by atoms with Crippen LogP contribution in [0.15, 0.2) is 12.1 Å². The molecule has 0 atom stereocenters. The number of hydrogen-bond acceptors (Lipinski definition) is 3. The molecule has 0 aromatic carbocycles. The van der Waals surface area contributed by atoms with Crippen LogP contribution < -0.4 is 11.1 Å². The van der Waals surface area contributed by atoms with Crippen molar-refractivity contribution in [1.82, 2.24) is 4.98 Å². The van der Waals surface area contributed by atoms with E-state index in [1.807, 2.05) is 6.07 Å². The minimum absolute atomic E-state index is 0.424. The van der Waals surface area contributed by atoms with E-state index < -0.39 is 0 Å². The van der Waals surface area contributed by atoms with Crippen LogP contribution >= 0.6 is 11.6 Å². The molecule has 3 N–H and O–H groups in total. The molecule has 3 nitrogen and oxygen atoms in total. The lowest BCUT2D eigenvalue weighted by Gasteiger charge is -2.31. The van der Waals surface area contributed by atoms with Gasteiger partial charge in [0.05, 0.1) is 0 Å². The Kier molecular flexibility index (Phi) is 4.56. The maximum atomic E-state index is 5.93. The van der Waals surface area contributed by atoms with Crippen LogP contribution in [0.4, 0.5) is 11.5 Å². The second kappa shape index (κ2) is 6.00. The molecular formula is C15H24ClN3. The molecular weight excluding hydrogens is 258 g/mol. The number of anilines is 2. The summed E-state index contributed by atoms with van der Waals surface area (Å²) in [4.78, 5) is 4.28. The molecule has 0 saturated heterocycles. The van der Waals surface area contributed by atoms with E-state index in [0.717, 1.165) is 18.3 Å². The minimum atomic E-state index is 0.424. The first kappa shape index (κ1) is 14.4. The molecule has 106 valence electrons. The minimum Gasteiger partial charge on any atom is -0.399 e. The summed E-state index contributed by atoms with van der Waals surface area (Å²) in [5.41, 5.74) is 6.88. The number of nitrogen functional groups attached to an aromatic ring is 1.